The van der Waals surface area contributed by atoms with Crippen molar-refractivity contribution in [3.8, 4) is 0 Å². The van der Waals surface area contributed by atoms with E-state index >= 15 is 0 Å². The fraction of sp³-hybridized carbons (Fsp3) is 0.214. The molecule has 0 saturated carbocycles. The molecule has 6 heteroatoms. The lowest BCUT2D eigenvalue weighted by molar-refractivity contribution is 0.0695. The van der Waals surface area contributed by atoms with E-state index < -0.39 is 5.97 Å². The second-order valence-electron chi connectivity index (χ2n) is 4.47. The van der Waals surface area contributed by atoms with Crippen molar-refractivity contribution in [1.82, 2.24) is 4.98 Å². The average molecular weight is 290 g/mol. The molecule has 0 radical (unpaired) electrons. The van der Waals surface area contributed by atoms with Crippen LogP contribution in [0.3, 0.4) is 0 Å². The molecule has 5 nitrogen and oxygen atoms in total. The Bertz CT molecular complexity index is 692. The largest absolute Gasteiger partial charge is 0.478 e. The monoisotopic (exact) mass is 290 g/mol. The number of thiazole rings is 1. The van der Waals surface area contributed by atoms with Gasteiger partial charge < -0.3 is 10.4 Å². The van der Waals surface area contributed by atoms with Crippen molar-refractivity contribution < 1.29 is 14.7 Å². The second kappa shape index (κ2) is 5.42. The Morgan fingerprint density at radius 1 is 1.25 bits per heavy atom. The number of hydrogen-bond donors (Lipinski definition) is 2. The number of aryl methyl sites for hydroxylation is 2. The lowest BCUT2D eigenvalue weighted by atomic mass is 10.0. The number of nitrogens with one attached hydrogen (secondary N) is 1. The quantitative estimate of drug-likeness (QED) is 0.910. The first-order valence-corrected chi connectivity index (χ1v) is 6.78. The minimum atomic E-state index is -1.00. The van der Waals surface area contributed by atoms with Crippen molar-refractivity contribution in [2.75, 3.05) is 5.32 Å². The van der Waals surface area contributed by atoms with Gasteiger partial charge in [0.15, 0.2) is 0 Å². The van der Waals surface area contributed by atoms with Crippen molar-refractivity contribution >= 4 is 28.9 Å². The van der Waals surface area contributed by atoms with Crippen molar-refractivity contribution in [3.63, 3.8) is 0 Å². The Morgan fingerprint density at radius 2 is 1.95 bits per heavy atom. The number of amides is 1. The molecular formula is C14H14N2O3S. The van der Waals surface area contributed by atoms with Crippen LogP contribution in [0, 0.1) is 20.8 Å². The van der Waals surface area contributed by atoms with Gasteiger partial charge in [-0.1, -0.05) is 0 Å². The van der Waals surface area contributed by atoms with Crippen LogP contribution in [-0.2, 0) is 0 Å². The maximum absolute atomic E-state index is 12.0. The Balaban J connectivity index is 2.30. The van der Waals surface area contributed by atoms with Crippen LogP contribution >= 0.6 is 11.3 Å². The lowest BCUT2D eigenvalue weighted by Gasteiger charge is -2.10. The SMILES string of the molecule is Cc1ncc(C(=O)Nc2cc(C)c(C)c(C(=O)O)c2)s1. The summed E-state index contributed by atoms with van der Waals surface area (Å²) in [6.45, 7) is 5.38. The zero-order chi connectivity index (χ0) is 14.9. The zero-order valence-electron chi connectivity index (χ0n) is 11.4. The van der Waals surface area contributed by atoms with E-state index in [0.29, 0.717) is 16.1 Å². The highest BCUT2D eigenvalue weighted by Gasteiger charge is 2.14. The topological polar surface area (TPSA) is 79.3 Å². The van der Waals surface area contributed by atoms with Crippen molar-refractivity contribution in [3.05, 3.63) is 44.9 Å². The fourth-order valence-electron chi connectivity index (χ4n) is 1.81. The van der Waals surface area contributed by atoms with E-state index in [2.05, 4.69) is 10.3 Å². The van der Waals surface area contributed by atoms with Crippen LogP contribution in [0.4, 0.5) is 5.69 Å². The maximum atomic E-state index is 12.0. The minimum absolute atomic E-state index is 0.195. The van der Waals surface area contributed by atoms with Gasteiger partial charge in [-0.05, 0) is 44.0 Å². The van der Waals surface area contributed by atoms with E-state index in [1.807, 2.05) is 13.8 Å². The van der Waals surface area contributed by atoms with Crippen LogP contribution in [0.5, 0.6) is 0 Å². The number of aromatic carboxylic acids is 1. The summed E-state index contributed by atoms with van der Waals surface area (Å²) in [5.41, 5.74) is 2.19. The second-order valence-corrected chi connectivity index (χ2v) is 5.70. The van der Waals surface area contributed by atoms with Gasteiger partial charge >= 0.3 is 5.97 Å². The van der Waals surface area contributed by atoms with Gasteiger partial charge in [0.05, 0.1) is 16.8 Å². The zero-order valence-corrected chi connectivity index (χ0v) is 12.2. The van der Waals surface area contributed by atoms with E-state index in [0.717, 1.165) is 10.6 Å². The van der Waals surface area contributed by atoms with Crippen molar-refractivity contribution in [2.24, 2.45) is 0 Å². The van der Waals surface area contributed by atoms with Gasteiger partial charge in [0, 0.05) is 5.69 Å². The van der Waals surface area contributed by atoms with Gasteiger partial charge in [0.25, 0.3) is 5.91 Å². The van der Waals surface area contributed by atoms with Gasteiger partial charge in [0.1, 0.15) is 4.88 Å². The third-order valence-corrected chi connectivity index (χ3v) is 3.91. The normalized spacial score (nSPS) is 10.3. The van der Waals surface area contributed by atoms with E-state index in [4.69, 9.17) is 5.11 Å². The number of anilines is 1. The molecule has 2 aromatic rings. The molecule has 0 spiro atoms. The average Bonchev–Trinajstić information content (AvgIpc) is 2.80. The summed E-state index contributed by atoms with van der Waals surface area (Å²) in [7, 11) is 0. The first-order chi connectivity index (χ1) is 9.38. The molecule has 20 heavy (non-hydrogen) atoms. The van der Waals surface area contributed by atoms with Crippen LogP contribution in [-0.4, -0.2) is 22.0 Å². The highest BCUT2D eigenvalue weighted by molar-refractivity contribution is 7.13. The predicted molar refractivity (Wildman–Crippen MR) is 77.7 cm³/mol. The smallest absolute Gasteiger partial charge is 0.336 e. The lowest BCUT2D eigenvalue weighted by Crippen LogP contribution is -2.12. The number of aromatic nitrogens is 1. The first kappa shape index (κ1) is 14.2. The maximum Gasteiger partial charge on any atom is 0.336 e. The Kier molecular flexibility index (Phi) is 3.85. The third kappa shape index (κ3) is 2.85. The van der Waals surface area contributed by atoms with Crippen molar-refractivity contribution in [2.45, 2.75) is 20.8 Å². The van der Waals surface area contributed by atoms with Gasteiger partial charge in [-0.25, -0.2) is 9.78 Å². The number of carboxylic acid groups (broad SMARTS) is 1. The Hall–Kier alpha value is -2.21. The number of benzene rings is 1. The summed E-state index contributed by atoms with van der Waals surface area (Å²) in [6, 6.07) is 3.23. The van der Waals surface area contributed by atoms with Gasteiger partial charge in [-0.15, -0.1) is 11.3 Å². The molecule has 0 saturated heterocycles. The predicted octanol–water partition coefficient (Wildman–Crippen LogP) is 3.02. The van der Waals surface area contributed by atoms with E-state index in [1.165, 1.54) is 23.6 Å². The summed E-state index contributed by atoms with van der Waals surface area (Å²) in [4.78, 5) is 27.7. The van der Waals surface area contributed by atoms with E-state index in [-0.39, 0.29) is 11.5 Å². The molecule has 0 aliphatic rings. The van der Waals surface area contributed by atoms with Crippen LogP contribution in [0.15, 0.2) is 18.3 Å². The summed E-state index contributed by atoms with van der Waals surface area (Å²) in [5.74, 6) is -1.29. The molecule has 0 aliphatic carbocycles. The highest BCUT2D eigenvalue weighted by atomic mass is 32.1. The highest BCUT2D eigenvalue weighted by Crippen LogP contribution is 2.21. The number of rotatable bonds is 3. The number of hydrogen-bond acceptors (Lipinski definition) is 4. The number of carbonyl (C=O) groups is 2. The number of carboxylic acids is 1. The standard InChI is InChI=1S/C14H14N2O3S/c1-7-4-10(5-11(8(7)2)14(18)19)16-13(17)12-6-15-9(3)20-12/h4-6H,1-3H3,(H,16,17)(H,18,19). The summed E-state index contributed by atoms with van der Waals surface area (Å²) in [5, 5.41) is 12.7. The van der Waals surface area contributed by atoms with Gasteiger partial charge in [-0.3, -0.25) is 4.79 Å². The Morgan fingerprint density at radius 3 is 2.50 bits per heavy atom. The van der Waals surface area contributed by atoms with Crippen LogP contribution < -0.4 is 5.32 Å². The molecule has 1 heterocycles. The molecular weight excluding hydrogens is 276 g/mol. The summed E-state index contributed by atoms with van der Waals surface area (Å²) in [6.07, 6.45) is 1.51. The van der Waals surface area contributed by atoms with E-state index in [1.54, 1.807) is 13.0 Å². The minimum Gasteiger partial charge on any atom is -0.478 e. The number of carbonyl (C=O) groups excluding carboxylic acids is 1. The van der Waals surface area contributed by atoms with Crippen LogP contribution in [0.2, 0.25) is 0 Å². The molecule has 2 rings (SSSR count). The molecule has 0 atom stereocenters. The molecule has 1 amide bonds. The van der Waals surface area contributed by atoms with Crippen LogP contribution in [0.1, 0.15) is 36.2 Å². The Labute approximate surface area is 120 Å². The van der Waals surface area contributed by atoms with Crippen LogP contribution in [0.25, 0.3) is 0 Å². The fourth-order valence-corrected chi connectivity index (χ4v) is 2.49. The third-order valence-electron chi connectivity index (χ3n) is 3.00. The van der Waals surface area contributed by atoms with Crippen molar-refractivity contribution in [1.29, 1.82) is 0 Å². The molecule has 0 unspecified atom stereocenters. The molecule has 1 aromatic carbocycles. The first-order valence-electron chi connectivity index (χ1n) is 5.97. The molecule has 1 aromatic heterocycles. The number of nitrogens with zero attached hydrogens (tertiary/aromatic N) is 1. The molecule has 104 valence electrons. The van der Waals surface area contributed by atoms with E-state index in [9.17, 15) is 9.59 Å². The summed E-state index contributed by atoms with van der Waals surface area (Å²) >= 11 is 1.29. The molecule has 2 N–H and O–H groups in total. The summed E-state index contributed by atoms with van der Waals surface area (Å²) < 4.78 is 0. The van der Waals surface area contributed by atoms with Gasteiger partial charge in [-0.2, -0.15) is 0 Å². The molecule has 0 bridgehead atoms. The van der Waals surface area contributed by atoms with Gasteiger partial charge in [0.2, 0.25) is 0 Å². The molecule has 0 fully saturated rings. The molecule has 0 aliphatic heterocycles.